The van der Waals surface area contributed by atoms with Gasteiger partial charge in [-0.1, -0.05) is 54.6 Å². The Morgan fingerprint density at radius 1 is 0.914 bits per heavy atom. The van der Waals surface area contributed by atoms with E-state index < -0.39 is 0 Å². The van der Waals surface area contributed by atoms with Gasteiger partial charge < -0.3 is 10.2 Å². The van der Waals surface area contributed by atoms with E-state index in [1.54, 1.807) is 30.3 Å². The lowest BCUT2D eigenvalue weighted by molar-refractivity contribution is -0.111. The minimum atomic E-state index is -0.281. The van der Waals surface area contributed by atoms with Crippen LogP contribution in [0.5, 0.6) is 0 Å². The van der Waals surface area contributed by atoms with Gasteiger partial charge in [0.2, 0.25) is 5.91 Å². The second kappa shape index (κ2) is 10.4. The number of hydrogen-bond acceptors (Lipinski definition) is 4. The number of fused-ring (bicyclic) bond motifs is 1. The highest BCUT2D eigenvalue weighted by molar-refractivity contribution is 6.04. The van der Waals surface area contributed by atoms with Gasteiger partial charge in [0.05, 0.1) is 11.2 Å². The van der Waals surface area contributed by atoms with Crippen molar-refractivity contribution in [3.8, 4) is 0 Å². The largest absolute Gasteiger partial charge is 0.336 e. The summed E-state index contributed by atoms with van der Waals surface area (Å²) in [7, 11) is 0. The number of benzene rings is 3. The summed E-state index contributed by atoms with van der Waals surface area (Å²) in [6.45, 7) is 3.94. The number of anilines is 1. The summed E-state index contributed by atoms with van der Waals surface area (Å²) in [4.78, 5) is 29.8. The molecule has 0 spiro atoms. The molecular formula is C28H27N5O2. The highest BCUT2D eigenvalue weighted by Gasteiger charge is 2.22. The molecule has 1 aliphatic rings. The van der Waals surface area contributed by atoms with Crippen molar-refractivity contribution in [1.82, 2.24) is 20.0 Å². The van der Waals surface area contributed by atoms with Crippen LogP contribution in [0.25, 0.3) is 17.0 Å². The van der Waals surface area contributed by atoms with E-state index in [0.717, 1.165) is 30.5 Å². The molecule has 4 aromatic rings. The molecular weight excluding hydrogens is 438 g/mol. The van der Waals surface area contributed by atoms with E-state index in [1.807, 2.05) is 35.2 Å². The number of rotatable bonds is 6. The number of hydrogen-bond donors (Lipinski definition) is 2. The maximum atomic E-state index is 13.1. The zero-order chi connectivity index (χ0) is 24.0. The van der Waals surface area contributed by atoms with E-state index in [1.165, 1.54) is 11.6 Å². The maximum absolute atomic E-state index is 13.1. The van der Waals surface area contributed by atoms with E-state index in [0.29, 0.717) is 30.0 Å². The van der Waals surface area contributed by atoms with Crippen molar-refractivity contribution in [1.29, 1.82) is 0 Å². The zero-order valence-electron chi connectivity index (χ0n) is 19.4. The van der Waals surface area contributed by atoms with Crippen LogP contribution >= 0.6 is 0 Å². The number of para-hydroxylation sites is 1. The monoisotopic (exact) mass is 465 g/mol. The molecule has 35 heavy (non-hydrogen) atoms. The Balaban J connectivity index is 1.17. The number of carbonyl (C=O) groups is 2. The first-order chi connectivity index (χ1) is 17.2. The molecule has 1 aliphatic heterocycles. The smallest absolute Gasteiger partial charge is 0.254 e. The number of H-pyrrole nitrogens is 1. The predicted octanol–water partition coefficient (Wildman–Crippen LogP) is 4.17. The van der Waals surface area contributed by atoms with Gasteiger partial charge in [-0.25, -0.2) is 0 Å². The Bertz CT molecular complexity index is 1350. The van der Waals surface area contributed by atoms with Gasteiger partial charge >= 0.3 is 0 Å². The molecule has 0 atom stereocenters. The van der Waals surface area contributed by atoms with Crippen molar-refractivity contribution >= 4 is 34.5 Å². The molecule has 7 nitrogen and oxygen atoms in total. The predicted molar refractivity (Wildman–Crippen MR) is 138 cm³/mol. The number of nitrogens with zero attached hydrogens (tertiary/aromatic N) is 3. The third kappa shape index (κ3) is 5.47. The second-order valence-corrected chi connectivity index (χ2v) is 8.61. The molecule has 2 N–H and O–H groups in total. The fraction of sp³-hybridized carbons (Fsp3) is 0.179. The van der Waals surface area contributed by atoms with E-state index in [2.05, 4.69) is 44.7 Å². The standard InChI is InChI=1S/C28H27N5O2/c34-27(14-13-26-24-11-4-5-12-25(24)30-31-26)29-23-10-6-9-22(19-23)28(35)33-17-15-32(16-18-33)20-21-7-2-1-3-8-21/h1-14,19H,15-18,20H2,(H,29,34)(H,30,31)/b14-13+. The number of carbonyl (C=O) groups excluding carboxylic acids is 2. The Morgan fingerprint density at radius 3 is 2.51 bits per heavy atom. The Kier molecular flexibility index (Phi) is 6.68. The molecule has 0 unspecified atom stereocenters. The molecule has 1 saturated heterocycles. The average Bonchev–Trinajstić information content (AvgIpc) is 3.31. The molecule has 0 radical (unpaired) electrons. The van der Waals surface area contributed by atoms with E-state index in [4.69, 9.17) is 0 Å². The molecule has 5 rings (SSSR count). The van der Waals surface area contributed by atoms with Crippen LogP contribution < -0.4 is 5.32 Å². The van der Waals surface area contributed by atoms with E-state index in [9.17, 15) is 9.59 Å². The molecule has 0 aliphatic carbocycles. The molecule has 0 bridgehead atoms. The van der Waals surface area contributed by atoms with Crippen LogP contribution in [0.2, 0.25) is 0 Å². The Labute approximate surface area is 204 Å². The van der Waals surface area contributed by atoms with Crippen molar-refractivity contribution < 1.29 is 9.59 Å². The summed E-state index contributed by atoms with van der Waals surface area (Å²) in [5.74, 6) is -0.296. The third-order valence-electron chi connectivity index (χ3n) is 6.18. The van der Waals surface area contributed by atoms with Crippen LogP contribution in [0.4, 0.5) is 5.69 Å². The minimum absolute atomic E-state index is 0.0148. The highest BCUT2D eigenvalue weighted by Crippen LogP contribution is 2.18. The molecule has 3 aromatic carbocycles. The van der Waals surface area contributed by atoms with Gasteiger partial charge in [-0.2, -0.15) is 5.10 Å². The van der Waals surface area contributed by atoms with Crippen molar-refractivity contribution in [2.24, 2.45) is 0 Å². The molecule has 176 valence electrons. The van der Waals surface area contributed by atoms with Gasteiger partial charge in [0, 0.05) is 55.4 Å². The normalized spacial score (nSPS) is 14.5. The van der Waals surface area contributed by atoms with Crippen molar-refractivity contribution in [3.63, 3.8) is 0 Å². The Hall–Kier alpha value is -4.23. The summed E-state index contributed by atoms with van der Waals surface area (Å²) in [6.07, 6.45) is 3.13. The molecule has 0 saturated carbocycles. The first kappa shape index (κ1) is 22.6. The number of piperazine rings is 1. The van der Waals surface area contributed by atoms with Crippen molar-refractivity contribution in [2.45, 2.75) is 6.54 Å². The zero-order valence-corrected chi connectivity index (χ0v) is 19.4. The van der Waals surface area contributed by atoms with E-state index in [-0.39, 0.29) is 11.8 Å². The maximum Gasteiger partial charge on any atom is 0.254 e. The summed E-state index contributed by atoms with van der Waals surface area (Å²) in [6, 6.07) is 25.2. The van der Waals surface area contributed by atoms with Crippen LogP contribution in [0.1, 0.15) is 21.6 Å². The summed E-state index contributed by atoms with van der Waals surface area (Å²) in [5, 5.41) is 11.0. The second-order valence-electron chi connectivity index (χ2n) is 8.61. The van der Waals surface area contributed by atoms with Crippen LogP contribution in [-0.4, -0.2) is 58.0 Å². The third-order valence-corrected chi connectivity index (χ3v) is 6.18. The van der Waals surface area contributed by atoms with Crippen molar-refractivity contribution in [2.75, 3.05) is 31.5 Å². The van der Waals surface area contributed by atoms with Crippen LogP contribution in [0, 0.1) is 0 Å². The van der Waals surface area contributed by atoms with Gasteiger partial charge in [-0.05, 0) is 35.9 Å². The van der Waals surface area contributed by atoms with Crippen LogP contribution in [0.15, 0.2) is 84.9 Å². The molecule has 2 heterocycles. The van der Waals surface area contributed by atoms with Gasteiger partial charge in [0.15, 0.2) is 0 Å². The summed E-state index contributed by atoms with van der Waals surface area (Å²) in [5.41, 5.74) is 4.05. The number of nitrogens with one attached hydrogen (secondary N) is 2. The SMILES string of the molecule is O=C(/C=C/c1n[nH]c2ccccc12)Nc1cccc(C(=O)N2CCN(Cc3ccccc3)CC2)c1. The van der Waals surface area contributed by atoms with Gasteiger partial charge in [-0.3, -0.25) is 19.6 Å². The first-order valence-electron chi connectivity index (χ1n) is 11.7. The lowest BCUT2D eigenvalue weighted by atomic mass is 10.1. The average molecular weight is 466 g/mol. The fourth-order valence-electron chi connectivity index (χ4n) is 4.31. The summed E-state index contributed by atoms with van der Waals surface area (Å²) >= 11 is 0. The highest BCUT2D eigenvalue weighted by atomic mass is 16.2. The number of amides is 2. The lowest BCUT2D eigenvalue weighted by Gasteiger charge is -2.34. The fourth-order valence-corrected chi connectivity index (χ4v) is 4.31. The van der Waals surface area contributed by atoms with E-state index >= 15 is 0 Å². The van der Waals surface area contributed by atoms with Crippen LogP contribution in [0.3, 0.4) is 0 Å². The van der Waals surface area contributed by atoms with Crippen molar-refractivity contribution in [3.05, 3.63) is 102 Å². The Morgan fingerprint density at radius 2 is 1.69 bits per heavy atom. The lowest BCUT2D eigenvalue weighted by Crippen LogP contribution is -2.48. The topological polar surface area (TPSA) is 81.3 Å². The number of aromatic nitrogens is 2. The van der Waals surface area contributed by atoms with Gasteiger partial charge in [0.1, 0.15) is 0 Å². The summed E-state index contributed by atoms with van der Waals surface area (Å²) < 4.78 is 0. The van der Waals surface area contributed by atoms with Gasteiger partial charge in [0.25, 0.3) is 5.91 Å². The molecule has 7 heteroatoms. The number of aromatic amines is 1. The molecule has 1 aromatic heterocycles. The van der Waals surface area contributed by atoms with Gasteiger partial charge in [-0.15, -0.1) is 0 Å². The quantitative estimate of drug-likeness (QED) is 0.419. The first-order valence-corrected chi connectivity index (χ1v) is 11.7. The minimum Gasteiger partial charge on any atom is -0.336 e. The molecule has 1 fully saturated rings. The molecule has 2 amide bonds. The van der Waals surface area contributed by atoms with Crippen LogP contribution in [-0.2, 0) is 11.3 Å².